The quantitative estimate of drug-likeness (QED) is 0.758. The van der Waals surface area contributed by atoms with Crippen molar-refractivity contribution in [1.29, 1.82) is 0 Å². The van der Waals surface area contributed by atoms with Crippen LogP contribution in [0.2, 0.25) is 0 Å². The van der Waals surface area contributed by atoms with Crippen molar-refractivity contribution in [2.75, 3.05) is 25.5 Å². The number of anilines is 1. The van der Waals surface area contributed by atoms with Gasteiger partial charge in [0.1, 0.15) is 0 Å². The molecule has 1 unspecified atom stereocenters. The summed E-state index contributed by atoms with van der Waals surface area (Å²) in [6, 6.07) is 13.0. The van der Waals surface area contributed by atoms with E-state index in [9.17, 15) is 9.59 Å². The zero-order valence-electron chi connectivity index (χ0n) is 14.9. The Labute approximate surface area is 152 Å². The Balaban J connectivity index is 1.79. The zero-order chi connectivity index (χ0) is 18.9. The maximum absolute atomic E-state index is 12.0. The van der Waals surface area contributed by atoms with Gasteiger partial charge in [-0.2, -0.15) is 0 Å². The molecule has 7 heteroatoms. The number of hydrogen-bond acceptors (Lipinski definition) is 4. The molecule has 0 spiro atoms. The first-order chi connectivity index (χ1) is 12.5. The number of carbonyl (C=O) groups excluding carboxylic acids is 1. The van der Waals surface area contributed by atoms with Gasteiger partial charge in [-0.3, -0.25) is 4.79 Å². The minimum atomic E-state index is -0.941. The third-order valence-electron chi connectivity index (χ3n) is 3.79. The van der Waals surface area contributed by atoms with Crippen LogP contribution in [0.4, 0.5) is 10.5 Å². The van der Waals surface area contributed by atoms with Crippen molar-refractivity contribution in [3.63, 3.8) is 0 Å². The van der Waals surface area contributed by atoms with Crippen molar-refractivity contribution in [2.45, 2.75) is 13.3 Å². The summed E-state index contributed by atoms with van der Waals surface area (Å²) in [5, 5.41) is 11.6. The summed E-state index contributed by atoms with van der Waals surface area (Å²) in [5.74, 6) is -1.10. The minimum Gasteiger partial charge on any atom is -0.481 e. The third kappa shape index (κ3) is 6.08. The number of hydrogen-bond donors (Lipinski definition) is 2. The Hall–Kier alpha value is -3.09. The summed E-state index contributed by atoms with van der Waals surface area (Å²) < 4.78 is 5.60. The third-order valence-corrected chi connectivity index (χ3v) is 3.79. The molecule has 1 aromatic carbocycles. The van der Waals surface area contributed by atoms with Gasteiger partial charge >= 0.3 is 12.0 Å². The van der Waals surface area contributed by atoms with Gasteiger partial charge in [0.2, 0.25) is 5.88 Å². The van der Waals surface area contributed by atoms with Crippen LogP contribution in [0.15, 0.2) is 48.7 Å². The van der Waals surface area contributed by atoms with Crippen molar-refractivity contribution in [3.8, 4) is 5.88 Å². The van der Waals surface area contributed by atoms with Crippen LogP contribution in [-0.2, 0) is 11.2 Å². The predicted molar refractivity (Wildman–Crippen MR) is 98.3 cm³/mol. The Morgan fingerprint density at radius 3 is 2.58 bits per heavy atom. The predicted octanol–water partition coefficient (Wildman–Crippen LogP) is 2.89. The highest BCUT2D eigenvalue weighted by Gasteiger charge is 2.17. The Morgan fingerprint density at radius 1 is 1.23 bits per heavy atom. The number of pyridine rings is 1. The van der Waals surface area contributed by atoms with E-state index in [1.165, 1.54) is 16.7 Å². The Morgan fingerprint density at radius 2 is 1.96 bits per heavy atom. The van der Waals surface area contributed by atoms with E-state index in [0.717, 1.165) is 6.42 Å². The SMILES string of the molecule is CC(CN(C)C(=O)Nc1ccc(OCCc2ccccc2)nc1)C(=O)O. The first-order valence-corrected chi connectivity index (χ1v) is 8.33. The van der Waals surface area contributed by atoms with Crippen LogP contribution in [0.25, 0.3) is 0 Å². The zero-order valence-corrected chi connectivity index (χ0v) is 14.9. The van der Waals surface area contributed by atoms with E-state index in [1.807, 2.05) is 30.3 Å². The molecule has 26 heavy (non-hydrogen) atoms. The number of carboxylic acid groups (broad SMARTS) is 1. The van der Waals surface area contributed by atoms with Gasteiger partial charge in [-0.15, -0.1) is 0 Å². The van der Waals surface area contributed by atoms with Crippen LogP contribution in [0.5, 0.6) is 5.88 Å². The molecule has 0 fully saturated rings. The smallest absolute Gasteiger partial charge is 0.321 e. The maximum Gasteiger partial charge on any atom is 0.321 e. The number of urea groups is 1. The molecule has 2 rings (SSSR count). The molecule has 7 nitrogen and oxygen atoms in total. The molecule has 0 aliphatic rings. The lowest BCUT2D eigenvalue weighted by atomic mass is 10.2. The number of aromatic nitrogens is 1. The molecule has 0 radical (unpaired) electrons. The van der Waals surface area contributed by atoms with Crippen molar-refractivity contribution >= 4 is 17.7 Å². The second-order valence-electron chi connectivity index (χ2n) is 6.02. The molecule has 0 bridgehead atoms. The van der Waals surface area contributed by atoms with Gasteiger partial charge in [0, 0.05) is 26.1 Å². The summed E-state index contributed by atoms with van der Waals surface area (Å²) in [6.45, 7) is 2.18. The van der Waals surface area contributed by atoms with Crippen LogP contribution in [0.1, 0.15) is 12.5 Å². The topological polar surface area (TPSA) is 91.8 Å². The first kappa shape index (κ1) is 19.2. The lowest BCUT2D eigenvalue weighted by Crippen LogP contribution is -2.36. The van der Waals surface area contributed by atoms with Gasteiger partial charge in [-0.25, -0.2) is 9.78 Å². The summed E-state index contributed by atoms with van der Waals surface area (Å²) in [7, 11) is 1.54. The molecule has 2 N–H and O–H groups in total. The largest absolute Gasteiger partial charge is 0.481 e. The van der Waals surface area contributed by atoms with E-state index in [4.69, 9.17) is 9.84 Å². The molecule has 0 saturated heterocycles. The standard InChI is InChI=1S/C19H23N3O4/c1-14(18(23)24)13-22(2)19(25)21-16-8-9-17(20-12-16)26-11-10-15-6-4-3-5-7-15/h3-9,12,14H,10-11,13H2,1-2H3,(H,21,25)(H,23,24). The van der Waals surface area contributed by atoms with Gasteiger partial charge in [-0.1, -0.05) is 37.3 Å². The highest BCUT2D eigenvalue weighted by atomic mass is 16.5. The van der Waals surface area contributed by atoms with Gasteiger partial charge in [0.15, 0.2) is 0 Å². The highest BCUT2D eigenvalue weighted by Crippen LogP contribution is 2.13. The highest BCUT2D eigenvalue weighted by molar-refractivity contribution is 5.89. The summed E-state index contributed by atoms with van der Waals surface area (Å²) >= 11 is 0. The second-order valence-corrected chi connectivity index (χ2v) is 6.02. The second kappa shape index (κ2) is 9.41. The molecule has 2 amide bonds. The normalized spacial score (nSPS) is 11.5. The van der Waals surface area contributed by atoms with Gasteiger partial charge in [-0.05, 0) is 11.6 Å². The molecule has 2 aromatic rings. The number of nitrogens with zero attached hydrogens (tertiary/aromatic N) is 2. The maximum atomic E-state index is 12.0. The van der Waals surface area contributed by atoms with Crippen molar-refractivity contribution in [2.24, 2.45) is 5.92 Å². The molecule has 0 saturated carbocycles. The summed E-state index contributed by atoms with van der Waals surface area (Å²) in [5.41, 5.74) is 1.70. The molecule has 1 aromatic heterocycles. The average molecular weight is 357 g/mol. The molecule has 138 valence electrons. The molecule has 1 atom stereocenters. The molecular formula is C19H23N3O4. The van der Waals surface area contributed by atoms with Crippen LogP contribution in [0, 0.1) is 5.92 Å². The van der Waals surface area contributed by atoms with E-state index in [1.54, 1.807) is 26.1 Å². The lowest BCUT2D eigenvalue weighted by molar-refractivity contribution is -0.141. The van der Waals surface area contributed by atoms with E-state index >= 15 is 0 Å². The van der Waals surface area contributed by atoms with E-state index in [2.05, 4.69) is 10.3 Å². The fourth-order valence-electron chi connectivity index (χ4n) is 2.25. The molecule has 1 heterocycles. The molecular weight excluding hydrogens is 334 g/mol. The number of rotatable bonds is 8. The van der Waals surface area contributed by atoms with Gasteiger partial charge in [0.05, 0.1) is 24.4 Å². The lowest BCUT2D eigenvalue weighted by Gasteiger charge is -2.19. The number of nitrogens with one attached hydrogen (secondary N) is 1. The van der Waals surface area contributed by atoms with Crippen molar-refractivity contribution < 1.29 is 19.4 Å². The Bertz CT molecular complexity index is 719. The first-order valence-electron chi connectivity index (χ1n) is 8.33. The number of benzene rings is 1. The average Bonchev–Trinajstić information content (AvgIpc) is 2.63. The summed E-state index contributed by atoms with van der Waals surface area (Å²) in [6.07, 6.45) is 2.29. The molecule has 0 aliphatic heterocycles. The Kier molecular flexibility index (Phi) is 6.96. The molecule has 0 aliphatic carbocycles. The van der Waals surface area contributed by atoms with E-state index in [-0.39, 0.29) is 6.54 Å². The number of aliphatic carboxylic acids is 1. The van der Waals surface area contributed by atoms with Crippen LogP contribution < -0.4 is 10.1 Å². The fourth-order valence-corrected chi connectivity index (χ4v) is 2.25. The van der Waals surface area contributed by atoms with E-state index < -0.39 is 17.9 Å². The van der Waals surface area contributed by atoms with E-state index in [0.29, 0.717) is 18.2 Å². The number of carbonyl (C=O) groups is 2. The van der Waals surface area contributed by atoms with Crippen LogP contribution in [0.3, 0.4) is 0 Å². The van der Waals surface area contributed by atoms with Gasteiger partial charge < -0.3 is 20.1 Å². The van der Waals surface area contributed by atoms with Crippen LogP contribution >= 0.6 is 0 Å². The monoisotopic (exact) mass is 357 g/mol. The van der Waals surface area contributed by atoms with Crippen LogP contribution in [-0.4, -0.2) is 47.2 Å². The number of ether oxygens (including phenoxy) is 1. The fraction of sp³-hybridized carbons (Fsp3) is 0.316. The van der Waals surface area contributed by atoms with Crippen molar-refractivity contribution in [3.05, 3.63) is 54.2 Å². The summed E-state index contributed by atoms with van der Waals surface area (Å²) in [4.78, 5) is 28.4. The van der Waals surface area contributed by atoms with Gasteiger partial charge in [0.25, 0.3) is 0 Å². The number of amides is 2. The van der Waals surface area contributed by atoms with Crippen molar-refractivity contribution in [1.82, 2.24) is 9.88 Å². The minimum absolute atomic E-state index is 0.120. The number of carboxylic acids is 1.